The first-order chi connectivity index (χ1) is 14.1. The summed E-state index contributed by atoms with van der Waals surface area (Å²) in [4.78, 5) is 24.7. The van der Waals surface area contributed by atoms with E-state index in [1.807, 2.05) is 36.4 Å². The first kappa shape index (κ1) is 18.1. The largest absolute Gasteiger partial charge is 0.449 e. The number of fused-ring (bicyclic) bond motifs is 4. The summed E-state index contributed by atoms with van der Waals surface area (Å²) in [5.74, 6) is 0.0480. The van der Waals surface area contributed by atoms with Crippen LogP contribution in [0.1, 0.15) is 45.4 Å². The number of hydrogen-bond acceptors (Lipinski definition) is 3. The minimum absolute atomic E-state index is 0.0154. The van der Waals surface area contributed by atoms with E-state index in [2.05, 4.69) is 45.5 Å². The van der Waals surface area contributed by atoms with Gasteiger partial charge in [-0.1, -0.05) is 70.5 Å². The van der Waals surface area contributed by atoms with Crippen LogP contribution in [0, 0.1) is 0 Å². The first-order valence-corrected chi connectivity index (χ1v) is 10.4. The van der Waals surface area contributed by atoms with E-state index < -0.39 is 6.09 Å². The maximum atomic E-state index is 12.5. The highest BCUT2D eigenvalue weighted by Crippen LogP contribution is 2.44. The summed E-state index contributed by atoms with van der Waals surface area (Å²) in [7, 11) is 0. The molecule has 0 aromatic heterocycles. The minimum atomic E-state index is -0.500. The summed E-state index contributed by atoms with van der Waals surface area (Å²) < 4.78 is 6.46. The van der Waals surface area contributed by atoms with Crippen LogP contribution >= 0.6 is 15.9 Å². The molecule has 144 valence electrons. The van der Waals surface area contributed by atoms with Gasteiger partial charge in [-0.25, -0.2) is 4.79 Å². The molecule has 0 radical (unpaired) electrons. The maximum absolute atomic E-state index is 12.5. The number of halogens is 1. The SMILES string of the molecule is O=C(NC1CC(=O)c2cc(Br)ccc21)OCC1c2ccccc2-c2ccccc21. The Morgan fingerprint density at radius 2 is 1.59 bits per heavy atom. The molecule has 1 unspecified atom stereocenters. The Morgan fingerprint density at radius 1 is 0.931 bits per heavy atom. The van der Waals surface area contributed by atoms with Crippen LogP contribution in [-0.4, -0.2) is 18.5 Å². The van der Waals surface area contributed by atoms with E-state index in [0.29, 0.717) is 5.56 Å². The molecule has 0 aliphatic heterocycles. The normalized spacial score (nSPS) is 16.9. The number of carbonyl (C=O) groups excluding carboxylic acids is 2. The van der Waals surface area contributed by atoms with Gasteiger partial charge in [-0.05, 0) is 39.9 Å². The summed E-state index contributed by atoms with van der Waals surface area (Å²) in [6, 6.07) is 21.7. The topological polar surface area (TPSA) is 55.4 Å². The number of Topliss-reactive ketones (excluding diaryl/α,β-unsaturated/α-hetero) is 1. The number of amides is 1. The van der Waals surface area contributed by atoms with Gasteiger partial charge in [-0.2, -0.15) is 0 Å². The van der Waals surface area contributed by atoms with Crippen molar-refractivity contribution in [2.45, 2.75) is 18.4 Å². The molecule has 0 spiro atoms. The molecule has 0 heterocycles. The van der Waals surface area contributed by atoms with Crippen molar-refractivity contribution in [3.05, 3.63) is 93.5 Å². The molecule has 3 aromatic rings. The molecule has 5 heteroatoms. The smallest absolute Gasteiger partial charge is 0.407 e. The lowest BCUT2D eigenvalue weighted by Crippen LogP contribution is -2.29. The monoisotopic (exact) mass is 447 g/mol. The lowest BCUT2D eigenvalue weighted by Gasteiger charge is -2.17. The van der Waals surface area contributed by atoms with Crippen molar-refractivity contribution >= 4 is 27.8 Å². The Balaban J connectivity index is 1.31. The highest BCUT2D eigenvalue weighted by Gasteiger charge is 2.32. The van der Waals surface area contributed by atoms with Gasteiger partial charge in [0.25, 0.3) is 0 Å². The molecular weight excluding hydrogens is 430 g/mol. The predicted octanol–water partition coefficient (Wildman–Crippen LogP) is 5.62. The Bertz CT molecular complexity index is 1090. The second kappa shape index (κ2) is 7.16. The first-order valence-electron chi connectivity index (χ1n) is 9.56. The Hall–Kier alpha value is -2.92. The number of nitrogens with one attached hydrogen (secondary N) is 1. The summed E-state index contributed by atoms with van der Waals surface area (Å²) in [6.07, 6.45) is -0.240. The van der Waals surface area contributed by atoms with E-state index >= 15 is 0 Å². The molecule has 4 nitrogen and oxygen atoms in total. The van der Waals surface area contributed by atoms with Gasteiger partial charge in [0, 0.05) is 22.4 Å². The molecule has 3 aromatic carbocycles. The highest BCUT2D eigenvalue weighted by molar-refractivity contribution is 9.10. The van der Waals surface area contributed by atoms with Crippen LogP contribution in [0.25, 0.3) is 11.1 Å². The third-order valence-corrected chi connectivity index (χ3v) is 6.21. The Kier molecular flexibility index (Phi) is 4.47. The molecule has 5 rings (SSSR count). The zero-order chi connectivity index (χ0) is 20.0. The fraction of sp³-hybridized carbons (Fsp3) is 0.167. The van der Waals surface area contributed by atoms with Crippen LogP contribution < -0.4 is 5.32 Å². The number of ketones is 1. The van der Waals surface area contributed by atoms with E-state index in [0.717, 1.165) is 10.0 Å². The van der Waals surface area contributed by atoms with Gasteiger partial charge in [-0.15, -0.1) is 0 Å². The molecule has 29 heavy (non-hydrogen) atoms. The second-order valence-corrected chi connectivity index (χ2v) is 8.30. The molecular formula is C24H18BrNO3. The van der Waals surface area contributed by atoms with Crippen molar-refractivity contribution < 1.29 is 14.3 Å². The van der Waals surface area contributed by atoms with E-state index in [1.54, 1.807) is 6.07 Å². The predicted molar refractivity (Wildman–Crippen MR) is 114 cm³/mol. The molecule has 1 N–H and O–H groups in total. The number of rotatable bonds is 3. The van der Waals surface area contributed by atoms with Gasteiger partial charge in [-0.3, -0.25) is 4.79 Å². The highest BCUT2D eigenvalue weighted by atomic mass is 79.9. The van der Waals surface area contributed by atoms with Crippen LogP contribution in [0.3, 0.4) is 0 Å². The molecule has 1 amide bonds. The van der Waals surface area contributed by atoms with Gasteiger partial charge >= 0.3 is 6.09 Å². The summed E-state index contributed by atoms with van der Waals surface area (Å²) >= 11 is 3.39. The third-order valence-electron chi connectivity index (χ3n) is 5.72. The van der Waals surface area contributed by atoms with Gasteiger partial charge in [0.1, 0.15) is 6.61 Å². The number of carbonyl (C=O) groups is 2. The zero-order valence-corrected chi connectivity index (χ0v) is 17.1. The molecule has 2 aliphatic carbocycles. The molecule has 0 saturated heterocycles. The maximum Gasteiger partial charge on any atom is 0.407 e. The Labute approximate surface area is 177 Å². The van der Waals surface area contributed by atoms with Gasteiger partial charge in [0.05, 0.1) is 6.04 Å². The van der Waals surface area contributed by atoms with E-state index in [1.165, 1.54) is 22.3 Å². The van der Waals surface area contributed by atoms with Crippen LogP contribution in [0.5, 0.6) is 0 Å². The molecule has 1 atom stereocenters. The standard InChI is InChI=1S/C24H18BrNO3/c25-14-9-10-19-20(11-14)23(27)12-22(19)26-24(28)29-13-21-17-7-3-1-5-15(17)16-6-2-4-8-18(16)21/h1-11,21-22H,12-13H2,(H,26,28). The molecule has 0 saturated carbocycles. The van der Waals surface area contributed by atoms with E-state index in [4.69, 9.17) is 4.74 Å². The number of ether oxygens (including phenoxy) is 1. The van der Waals surface area contributed by atoms with Crippen LogP contribution in [0.4, 0.5) is 4.79 Å². The fourth-order valence-electron chi connectivity index (χ4n) is 4.39. The number of hydrogen-bond donors (Lipinski definition) is 1. The number of alkyl carbamates (subject to hydrolysis) is 1. The zero-order valence-electron chi connectivity index (χ0n) is 15.5. The molecule has 0 fully saturated rings. The second-order valence-electron chi connectivity index (χ2n) is 7.38. The molecule has 2 aliphatic rings. The average molecular weight is 448 g/mol. The minimum Gasteiger partial charge on any atom is -0.449 e. The van der Waals surface area contributed by atoms with E-state index in [9.17, 15) is 9.59 Å². The summed E-state index contributed by atoms with van der Waals surface area (Å²) in [5, 5.41) is 2.86. The van der Waals surface area contributed by atoms with Crippen molar-refractivity contribution in [1.29, 1.82) is 0 Å². The quantitative estimate of drug-likeness (QED) is 0.566. The van der Waals surface area contributed by atoms with Crippen molar-refractivity contribution in [3.8, 4) is 11.1 Å². The summed E-state index contributed by atoms with van der Waals surface area (Å²) in [6.45, 7) is 0.258. The van der Waals surface area contributed by atoms with E-state index in [-0.39, 0.29) is 30.8 Å². The van der Waals surface area contributed by atoms with Crippen molar-refractivity contribution in [3.63, 3.8) is 0 Å². The van der Waals surface area contributed by atoms with Crippen molar-refractivity contribution in [2.75, 3.05) is 6.61 Å². The van der Waals surface area contributed by atoms with Crippen LogP contribution in [0.2, 0.25) is 0 Å². The Morgan fingerprint density at radius 3 is 2.28 bits per heavy atom. The summed E-state index contributed by atoms with van der Waals surface area (Å²) in [5.41, 5.74) is 6.23. The van der Waals surface area contributed by atoms with Gasteiger partial charge in [0.15, 0.2) is 5.78 Å². The lowest BCUT2D eigenvalue weighted by atomic mass is 9.98. The van der Waals surface area contributed by atoms with Crippen molar-refractivity contribution in [1.82, 2.24) is 5.32 Å². The van der Waals surface area contributed by atoms with Crippen LogP contribution in [0.15, 0.2) is 71.2 Å². The number of benzene rings is 3. The van der Waals surface area contributed by atoms with Gasteiger partial charge in [0.2, 0.25) is 0 Å². The van der Waals surface area contributed by atoms with Gasteiger partial charge < -0.3 is 10.1 Å². The lowest BCUT2D eigenvalue weighted by molar-refractivity contribution is 0.0983. The fourth-order valence-corrected chi connectivity index (χ4v) is 4.75. The van der Waals surface area contributed by atoms with Crippen molar-refractivity contribution in [2.24, 2.45) is 0 Å². The third kappa shape index (κ3) is 3.15. The average Bonchev–Trinajstić information content (AvgIpc) is 3.21. The molecule has 0 bridgehead atoms. The van der Waals surface area contributed by atoms with Crippen LogP contribution in [-0.2, 0) is 4.74 Å².